The van der Waals surface area contributed by atoms with Gasteiger partial charge in [-0.15, -0.1) is 0 Å². The Hall–Kier alpha value is -2.36. The maximum Gasteiger partial charge on any atom is 0.394 e. The van der Waals surface area contributed by atoms with Gasteiger partial charge < -0.3 is 29.9 Å². The van der Waals surface area contributed by atoms with Crippen molar-refractivity contribution in [2.45, 2.75) is 76.5 Å². The summed E-state index contributed by atoms with van der Waals surface area (Å²) in [6.07, 6.45) is -7.69. The molecule has 21 heteroatoms. The molecule has 2 aromatic heterocycles. The molecule has 0 amide bonds. The Morgan fingerprint density at radius 1 is 1.09 bits per heavy atom. The van der Waals surface area contributed by atoms with Crippen LogP contribution in [0.3, 0.4) is 0 Å². The first-order chi connectivity index (χ1) is 21.1. The van der Waals surface area contributed by atoms with Crippen LogP contribution in [-0.4, -0.2) is 93.1 Å². The maximum absolute atomic E-state index is 14.1. The van der Waals surface area contributed by atoms with Crippen molar-refractivity contribution >= 4 is 35.1 Å². The van der Waals surface area contributed by atoms with Gasteiger partial charge in [-0.3, -0.25) is 42.5 Å². The number of nitrogens with one attached hydrogen (secondary N) is 2. The van der Waals surface area contributed by atoms with Crippen molar-refractivity contribution in [1.82, 2.24) is 19.1 Å². The molecule has 8 atom stereocenters. The SMILES string of the molecule is CC(=O)SCCSP(=O)(OC(O)[C@H]1O[C@@H](n2cc(C)c(=O)[nH]c2=O)C[C@@H]1O)O[C@]1(O)C[C@H](n2cc(C)c(=O)[nH]c2=O)O[C@@H]1CO. The second-order valence-electron chi connectivity index (χ2n) is 10.3. The molecular weight excluding hydrogens is 663 g/mol. The number of aryl methyl sites for hydroxylation is 2. The number of hydrogen-bond donors (Lipinski definition) is 6. The van der Waals surface area contributed by atoms with Crippen LogP contribution in [0.15, 0.2) is 31.6 Å². The third kappa shape index (κ3) is 8.14. The zero-order valence-corrected chi connectivity index (χ0v) is 26.7. The van der Waals surface area contributed by atoms with E-state index in [4.69, 9.17) is 18.5 Å². The standard InChI is InChI=1S/C24H33N4O14PS2/c1-11-8-27(22(35)25-19(11)32)16-6-14(31)18(40-16)21(34)41-43(38,45-5-4-44-13(3)30)42-24(37)7-17(39-15(24)10-29)28-9-12(2)20(33)26-23(28)36/h8-9,14-18,21,29,31,34,37H,4-7,10H2,1-3H3,(H,25,32,35)(H,26,33,36)/t14-,15+,16+,17+,18-,21?,24+,43?/m0/s1. The number of rotatable bonds is 12. The van der Waals surface area contributed by atoms with E-state index in [9.17, 15) is 49.0 Å². The highest BCUT2D eigenvalue weighted by atomic mass is 32.7. The fraction of sp³-hybridized carbons (Fsp3) is 0.625. The Morgan fingerprint density at radius 2 is 1.67 bits per heavy atom. The highest BCUT2D eigenvalue weighted by Gasteiger charge is 2.55. The predicted molar refractivity (Wildman–Crippen MR) is 159 cm³/mol. The highest BCUT2D eigenvalue weighted by Crippen LogP contribution is 2.65. The van der Waals surface area contributed by atoms with Gasteiger partial charge in [-0.2, -0.15) is 0 Å². The summed E-state index contributed by atoms with van der Waals surface area (Å²) in [5, 5.41) is 42.7. The fourth-order valence-corrected chi connectivity index (χ4v) is 9.27. The first-order valence-electron chi connectivity index (χ1n) is 13.5. The van der Waals surface area contributed by atoms with Crippen molar-refractivity contribution in [1.29, 1.82) is 0 Å². The van der Waals surface area contributed by atoms with E-state index in [1.54, 1.807) is 0 Å². The summed E-state index contributed by atoms with van der Waals surface area (Å²) >= 11 is 1.39. The quantitative estimate of drug-likeness (QED) is 0.0864. The fourth-order valence-electron chi connectivity index (χ4n) is 4.67. The van der Waals surface area contributed by atoms with E-state index in [1.165, 1.54) is 33.2 Å². The minimum atomic E-state index is -4.69. The van der Waals surface area contributed by atoms with Crippen LogP contribution in [0, 0.1) is 13.8 Å². The van der Waals surface area contributed by atoms with Gasteiger partial charge in [0.2, 0.25) is 5.79 Å². The molecule has 6 N–H and O–H groups in total. The van der Waals surface area contributed by atoms with Gasteiger partial charge in [0.05, 0.1) is 19.1 Å². The molecule has 4 heterocycles. The average molecular weight is 697 g/mol. The maximum atomic E-state index is 14.1. The second-order valence-corrected chi connectivity index (χ2v) is 15.7. The minimum absolute atomic E-state index is 0.0558. The summed E-state index contributed by atoms with van der Waals surface area (Å²) in [7, 11) is 0. The lowest BCUT2D eigenvalue weighted by Crippen LogP contribution is -2.43. The molecule has 2 aliphatic rings. The van der Waals surface area contributed by atoms with Crippen molar-refractivity contribution in [3.63, 3.8) is 0 Å². The molecule has 45 heavy (non-hydrogen) atoms. The number of carbonyl (C=O) groups excluding carboxylic acids is 1. The Bertz CT molecular complexity index is 1690. The van der Waals surface area contributed by atoms with E-state index in [0.717, 1.165) is 20.9 Å². The number of aliphatic hydroxyl groups is 4. The molecule has 0 aromatic carbocycles. The summed E-state index contributed by atoms with van der Waals surface area (Å²) in [4.78, 5) is 63.9. The summed E-state index contributed by atoms with van der Waals surface area (Å²) in [6.45, 7) is -1.38. The number of carbonyl (C=O) groups is 1. The van der Waals surface area contributed by atoms with E-state index >= 15 is 0 Å². The number of H-pyrrole nitrogens is 2. The lowest BCUT2D eigenvalue weighted by atomic mass is 10.1. The second kappa shape index (κ2) is 14.2. The zero-order chi connectivity index (χ0) is 33.3. The number of aromatic amines is 2. The summed E-state index contributed by atoms with van der Waals surface area (Å²) < 4.78 is 38.2. The smallest absolute Gasteiger partial charge is 0.393 e. The van der Waals surface area contributed by atoms with Gasteiger partial charge >= 0.3 is 18.2 Å². The van der Waals surface area contributed by atoms with Crippen LogP contribution in [0.25, 0.3) is 0 Å². The molecular formula is C24H33N4O14PS2. The van der Waals surface area contributed by atoms with E-state index in [1.807, 2.05) is 0 Å². The Labute approximate surface area is 262 Å². The van der Waals surface area contributed by atoms with Crippen LogP contribution in [0.1, 0.15) is 43.3 Å². The predicted octanol–water partition coefficient (Wildman–Crippen LogP) is -1.21. The average Bonchev–Trinajstić information content (AvgIpc) is 3.49. The summed E-state index contributed by atoms with van der Waals surface area (Å²) in [6, 6.07) is 0. The molecule has 250 valence electrons. The molecule has 0 aliphatic carbocycles. The Morgan fingerprint density at radius 3 is 2.22 bits per heavy atom. The van der Waals surface area contributed by atoms with Crippen LogP contribution < -0.4 is 22.5 Å². The first kappa shape index (κ1) is 35.5. The van der Waals surface area contributed by atoms with Crippen LogP contribution in [-0.2, 0) is 27.9 Å². The van der Waals surface area contributed by atoms with Gasteiger partial charge in [0.1, 0.15) is 24.7 Å². The van der Waals surface area contributed by atoms with Crippen molar-refractivity contribution in [3.05, 3.63) is 65.2 Å². The molecule has 0 bridgehead atoms. The number of hydrogen-bond acceptors (Lipinski definition) is 16. The van der Waals surface area contributed by atoms with Gasteiger partial charge in [-0.05, 0) is 25.2 Å². The molecule has 2 fully saturated rings. The van der Waals surface area contributed by atoms with E-state index in [0.29, 0.717) is 11.4 Å². The molecule has 0 saturated carbocycles. The van der Waals surface area contributed by atoms with Gasteiger partial charge in [-0.25, -0.2) is 14.2 Å². The van der Waals surface area contributed by atoms with Crippen molar-refractivity contribution < 1.29 is 48.3 Å². The highest BCUT2D eigenvalue weighted by molar-refractivity contribution is 8.55. The number of aliphatic hydroxyl groups excluding tert-OH is 3. The third-order valence-corrected chi connectivity index (χ3v) is 11.7. The van der Waals surface area contributed by atoms with Gasteiger partial charge in [0.25, 0.3) is 11.1 Å². The van der Waals surface area contributed by atoms with E-state index < -0.39 is 85.2 Å². The Balaban J connectivity index is 1.57. The third-order valence-electron chi connectivity index (χ3n) is 6.93. The monoisotopic (exact) mass is 696 g/mol. The number of ether oxygens (including phenoxy) is 2. The van der Waals surface area contributed by atoms with Gasteiger partial charge in [0.15, 0.2) is 11.4 Å². The van der Waals surface area contributed by atoms with E-state index in [2.05, 4.69) is 9.97 Å². The summed E-state index contributed by atoms with van der Waals surface area (Å²) in [5.74, 6) is -2.50. The van der Waals surface area contributed by atoms with E-state index in [-0.39, 0.29) is 34.2 Å². The minimum Gasteiger partial charge on any atom is -0.393 e. The molecule has 0 spiro atoms. The number of aromatic nitrogens is 4. The van der Waals surface area contributed by atoms with Crippen LogP contribution in [0.4, 0.5) is 0 Å². The van der Waals surface area contributed by atoms with Gasteiger partial charge in [0, 0.05) is 48.4 Å². The van der Waals surface area contributed by atoms with Crippen LogP contribution >= 0.6 is 29.9 Å². The molecule has 0 radical (unpaired) electrons. The molecule has 2 saturated heterocycles. The lowest BCUT2D eigenvalue weighted by Gasteiger charge is -2.32. The normalized spacial score (nSPS) is 28.6. The molecule has 2 aliphatic heterocycles. The number of thioether (sulfide) groups is 1. The van der Waals surface area contributed by atoms with Crippen molar-refractivity contribution in [3.8, 4) is 0 Å². The van der Waals surface area contributed by atoms with Crippen molar-refractivity contribution in [2.75, 3.05) is 18.1 Å². The molecule has 18 nitrogen and oxygen atoms in total. The van der Waals surface area contributed by atoms with Crippen LogP contribution in [0.2, 0.25) is 0 Å². The summed E-state index contributed by atoms with van der Waals surface area (Å²) in [5.41, 5.74) is -2.68. The topological polar surface area (TPSA) is 262 Å². The molecule has 4 rings (SSSR count). The molecule has 2 aromatic rings. The Kier molecular flexibility index (Phi) is 11.2. The van der Waals surface area contributed by atoms with Crippen LogP contribution in [0.5, 0.6) is 0 Å². The number of nitrogens with zero attached hydrogens (tertiary/aromatic N) is 2. The molecule has 2 unspecified atom stereocenters. The van der Waals surface area contributed by atoms with Crippen molar-refractivity contribution in [2.24, 2.45) is 0 Å². The zero-order valence-electron chi connectivity index (χ0n) is 24.2. The largest absolute Gasteiger partial charge is 0.394 e. The first-order valence-corrected chi connectivity index (χ1v) is 17.6. The lowest BCUT2D eigenvalue weighted by molar-refractivity contribution is -0.199. The van der Waals surface area contributed by atoms with Gasteiger partial charge in [-0.1, -0.05) is 11.8 Å².